The van der Waals surface area contributed by atoms with Gasteiger partial charge in [0.2, 0.25) is 5.91 Å². The first-order valence-corrected chi connectivity index (χ1v) is 10.8. The summed E-state index contributed by atoms with van der Waals surface area (Å²) in [7, 11) is 1.66. The molecule has 4 rings (SSSR count). The second-order valence-corrected chi connectivity index (χ2v) is 7.78. The highest BCUT2D eigenvalue weighted by Gasteiger charge is 2.25. The number of piperidine rings is 1. The Balaban J connectivity index is 1.26. The van der Waals surface area contributed by atoms with Crippen LogP contribution in [0.3, 0.4) is 0 Å². The number of anilines is 1. The summed E-state index contributed by atoms with van der Waals surface area (Å²) in [5, 5.41) is 3.10. The number of methoxy groups -OCH3 is 1. The van der Waals surface area contributed by atoms with E-state index in [2.05, 4.69) is 32.3 Å². The summed E-state index contributed by atoms with van der Waals surface area (Å²) >= 11 is 0. The molecule has 1 saturated heterocycles. The van der Waals surface area contributed by atoms with Crippen LogP contribution in [0.1, 0.15) is 18.4 Å². The summed E-state index contributed by atoms with van der Waals surface area (Å²) in [4.78, 5) is 23.7. The summed E-state index contributed by atoms with van der Waals surface area (Å²) in [6.07, 6.45) is 4.10. The Morgan fingerprint density at radius 3 is 2.52 bits per heavy atom. The van der Waals surface area contributed by atoms with Crippen LogP contribution in [0.2, 0.25) is 0 Å². The third-order valence-electron chi connectivity index (χ3n) is 5.78. The van der Waals surface area contributed by atoms with Crippen molar-refractivity contribution in [3.8, 4) is 17.0 Å². The molecule has 0 spiro atoms. The highest BCUT2D eigenvalue weighted by Crippen LogP contribution is 2.25. The van der Waals surface area contributed by atoms with Crippen molar-refractivity contribution >= 4 is 11.7 Å². The zero-order chi connectivity index (χ0) is 21.5. The van der Waals surface area contributed by atoms with Crippen LogP contribution >= 0.6 is 0 Å². The Kier molecular flexibility index (Phi) is 6.77. The minimum absolute atomic E-state index is 0.0579. The number of benzene rings is 2. The fraction of sp³-hybridized carbons (Fsp3) is 0.320. The molecule has 3 aromatic rings. The Bertz CT molecular complexity index is 984. The molecule has 1 aliphatic rings. The van der Waals surface area contributed by atoms with Crippen molar-refractivity contribution in [3.05, 3.63) is 72.6 Å². The summed E-state index contributed by atoms with van der Waals surface area (Å²) in [6, 6.07) is 20.1. The largest absolute Gasteiger partial charge is 0.497 e. The third-order valence-corrected chi connectivity index (χ3v) is 5.78. The zero-order valence-electron chi connectivity index (χ0n) is 17.8. The van der Waals surface area contributed by atoms with Crippen LogP contribution in [0.25, 0.3) is 11.3 Å². The lowest BCUT2D eigenvalue weighted by Crippen LogP contribution is -2.41. The van der Waals surface area contributed by atoms with E-state index in [1.165, 1.54) is 5.56 Å². The quantitative estimate of drug-likeness (QED) is 0.636. The lowest BCUT2D eigenvalue weighted by molar-refractivity contribution is -0.125. The average Bonchev–Trinajstić information content (AvgIpc) is 2.85. The van der Waals surface area contributed by atoms with Gasteiger partial charge in [-0.25, -0.2) is 9.97 Å². The smallest absolute Gasteiger partial charge is 0.223 e. The van der Waals surface area contributed by atoms with Gasteiger partial charge in [-0.05, 0) is 37.0 Å². The van der Waals surface area contributed by atoms with Crippen LogP contribution in [-0.2, 0) is 11.2 Å². The molecule has 2 heterocycles. The van der Waals surface area contributed by atoms with Gasteiger partial charge in [0.1, 0.15) is 17.9 Å². The van der Waals surface area contributed by atoms with Gasteiger partial charge in [-0.2, -0.15) is 0 Å². The van der Waals surface area contributed by atoms with Crippen molar-refractivity contribution < 1.29 is 9.53 Å². The second kappa shape index (κ2) is 10.1. The SMILES string of the molecule is COc1ccc(CCNC(=O)C2CCN(c3cc(-c4ccccc4)ncn3)CC2)cc1. The second-order valence-electron chi connectivity index (χ2n) is 7.78. The topological polar surface area (TPSA) is 67.3 Å². The number of hydrogen-bond acceptors (Lipinski definition) is 5. The van der Waals surface area contributed by atoms with E-state index in [4.69, 9.17) is 4.74 Å². The van der Waals surface area contributed by atoms with Crippen molar-refractivity contribution in [2.24, 2.45) is 5.92 Å². The highest BCUT2D eigenvalue weighted by atomic mass is 16.5. The van der Waals surface area contributed by atoms with E-state index in [0.717, 1.165) is 55.2 Å². The fourth-order valence-electron chi connectivity index (χ4n) is 3.92. The molecule has 31 heavy (non-hydrogen) atoms. The molecule has 1 N–H and O–H groups in total. The van der Waals surface area contributed by atoms with Gasteiger partial charge in [0.15, 0.2) is 0 Å². The Morgan fingerprint density at radius 2 is 1.81 bits per heavy atom. The number of hydrogen-bond donors (Lipinski definition) is 1. The summed E-state index contributed by atoms with van der Waals surface area (Å²) in [6.45, 7) is 2.29. The van der Waals surface area contributed by atoms with Crippen LogP contribution in [0.5, 0.6) is 5.75 Å². The van der Waals surface area contributed by atoms with E-state index in [0.29, 0.717) is 6.54 Å². The average molecular weight is 417 g/mol. The van der Waals surface area contributed by atoms with E-state index in [1.807, 2.05) is 48.5 Å². The summed E-state index contributed by atoms with van der Waals surface area (Å²) in [5.74, 6) is 1.98. The molecular weight excluding hydrogens is 388 g/mol. The maximum Gasteiger partial charge on any atom is 0.223 e. The first-order chi connectivity index (χ1) is 15.2. The fourth-order valence-corrected chi connectivity index (χ4v) is 3.92. The molecule has 6 heteroatoms. The number of nitrogens with one attached hydrogen (secondary N) is 1. The van der Waals surface area contributed by atoms with E-state index in [-0.39, 0.29) is 11.8 Å². The van der Waals surface area contributed by atoms with Gasteiger partial charge in [0.05, 0.1) is 12.8 Å². The maximum absolute atomic E-state index is 12.6. The van der Waals surface area contributed by atoms with E-state index in [1.54, 1.807) is 13.4 Å². The molecule has 1 aromatic heterocycles. The minimum Gasteiger partial charge on any atom is -0.497 e. The van der Waals surface area contributed by atoms with Crippen molar-refractivity contribution in [1.82, 2.24) is 15.3 Å². The molecule has 0 saturated carbocycles. The lowest BCUT2D eigenvalue weighted by Gasteiger charge is -2.32. The van der Waals surface area contributed by atoms with Crippen LogP contribution in [0, 0.1) is 5.92 Å². The summed E-state index contributed by atoms with van der Waals surface area (Å²) in [5.41, 5.74) is 3.19. The monoisotopic (exact) mass is 416 g/mol. The van der Waals surface area contributed by atoms with Gasteiger partial charge in [0.25, 0.3) is 0 Å². The maximum atomic E-state index is 12.6. The van der Waals surface area contributed by atoms with Crippen molar-refractivity contribution in [1.29, 1.82) is 0 Å². The van der Waals surface area contributed by atoms with Crippen LogP contribution in [-0.4, -0.2) is 42.6 Å². The van der Waals surface area contributed by atoms with Crippen molar-refractivity contribution in [3.63, 3.8) is 0 Å². The van der Waals surface area contributed by atoms with E-state index in [9.17, 15) is 4.79 Å². The zero-order valence-corrected chi connectivity index (χ0v) is 17.8. The molecule has 0 atom stereocenters. The Morgan fingerprint density at radius 1 is 1.06 bits per heavy atom. The van der Waals surface area contributed by atoms with Gasteiger partial charge >= 0.3 is 0 Å². The molecule has 1 aliphatic heterocycles. The number of aromatic nitrogens is 2. The number of carbonyl (C=O) groups excluding carboxylic acids is 1. The predicted molar refractivity (Wildman–Crippen MR) is 122 cm³/mol. The third kappa shape index (κ3) is 5.40. The van der Waals surface area contributed by atoms with Gasteiger partial charge in [0, 0.05) is 37.2 Å². The minimum atomic E-state index is 0.0579. The van der Waals surface area contributed by atoms with Crippen molar-refractivity contribution in [2.45, 2.75) is 19.3 Å². The number of carbonyl (C=O) groups is 1. The molecule has 2 aromatic carbocycles. The first kappa shape index (κ1) is 20.8. The standard InChI is InChI=1S/C25H28N4O2/c1-31-22-9-7-19(8-10-22)11-14-26-25(30)21-12-15-29(16-13-21)24-17-23(27-18-28-24)20-5-3-2-4-6-20/h2-10,17-18,21H,11-16H2,1H3,(H,26,30). The van der Waals surface area contributed by atoms with Gasteiger partial charge < -0.3 is 15.0 Å². The normalized spacial score (nSPS) is 14.3. The molecule has 1 fully saturated rings. The molecule has 0 bridgehead atoms. The van der Waals surface area contributed by atoms with E-state index >= 15 is 0 Å². The number of ether oxygens (including phenoxy) is 1. The highest BCUT2D eigenvalue weighted by molar-refractivity contribution is 5.79. The Hall–Kier alpha value is -3.41. The number of amides is 1. The first-order valence-electron chi connectivity index (χ1n) is 10.8. The summed E-state index contributed by atoms with van der Waals surface area (Å²) < 4.78 is 5.18. The van der Waals surface area contributed by atoms with Crippen LogP contribution in [0.4, 0.5) is 5.82 Å². The molecular formula is C25H28N4O2. The van der Waals surface area contributed by atoms with E-state index < -0.39 is 0 Å². The van der Waals surface area contributed by atoms with Crippen molar-refractivity contribution in [2.75, 3.05) is 31.6 Å². The number of nitrogens with zero attached hydrogens (tertiary/aromatic N) is 3. The molecule has 0 aliphatic carbocycles. The Labute approximate surface area is 183 Å². The lowest BCUT2D eigenvalue weighted by atomic mass is 9.95. The molecule has 1 amide bonds. The van der Waals surface area contributed by atoms with Crippen LogP contribution in [0.15, 0.2) is 67.0 Å². The molecule has 0 unspecified atom stereocenters. The molecule has 160 valence electrons. The van der Waals surface area contributed by atoms with Gasteiger partial charge in [-0.15, -0.1) is 0 Å². The van der Waals surface area contributed by atoms with Gasteiger partial charge in [-0.1, -0.05) is 42.5 Å². The molecule has 0 radical (unpaired) electrons. The molecule has 6 nitrogen and oxygen atoms in total. The predicted octanol–water partition coefficient (Wildman–Crippen LogP) is 3.73. The van der Waals surface area contributed by atoms with Crippen LogP contribution < -0.4 is 15.0 Å². The number of rotatable bonds is 7. The van der Waals surface area contributed by atoms with Gasteiger partial charge in [-0.3, -0.25) is 4.79 Å².